The average Bonchev–Trinajstić information content (AvgIpc) is 2.80. The van der Waals surface area contributed by atoms with Gasteiger partial charge in [0.15, 0.2) is 11.5 Å². The van der Waals surface area contributed by atoms with Gasteiger partial charge in [-0.25, -0.2) is 4.79 Å². The van der Waals surface area contributed by atoms with Crippen molar-refractivity contribution in [1.29, 1.82) is 0 Å². The Bertz CT molecular complexity index is 616. The van der Waals surface area contributed by atoms with Crippen molar-refractivity contribution < 1.29 is 19.4 Å². The fraction of sp³-hybridized carbons (Fsp3) is 0.214. The van der Waals surface area contributed by atoms with Crippen LogP contribution >= 0.6 is 0 Å². The number of carbonyl (C=O) groups is 1. The van der Waals surface area contributed by atoms with Gasteiger partial charge in [0.2, 0.25) is 0 Å². The monoisotopic (exact) mass is 261 g/mol. The largest absolute Gasteiger partial charge is 0.493 e. The third-order valence-electron chi connectivity index (χ3n) is 3.02. The van der Waals surface area contributed by atoms with E-state index < -0.39 is 5.97 Å². The van der Waals surface area contributed by atoms with Crippen LogP contribution in [0.25, 0.3) is 11.3 Å². The van der Waals surface area contributed by atoms with E-state index in [0.29, 0.717) is 11.5 Å². The first kappa shape index (κ1) is 13.0. The number of carboxylic acids is 1. The van der Waals surface area contributed by atoms with Crippen LogP contribution in [0.2, 0.25) is 0 Å². The van der Waals surface area contributed by atoms with Gasteiger partial charge in [0, 0.05) is 18.3 Å². The summed E-state index contributed by atoms with van der Waals surface area (Å²) in [6.07, 6.45) is 0. The smallest absolute Gasteiger partial charge is 0.352 e. The molecule has 1 aromatic heterocycles. The van der Waals surface area contributed by atoms with Crippen LogP contribution in [0.4, 0.5) is 0 Å². The standard InChI is InChI=1S/C14H15NO4/c1-15-10(5-6-11(15)14(16)17)9-4-7-12(18-2)13(8-9)19-3/h4-8H,1-3H3,(H,16,17). The molecule has 0 aliphatic heterocycles. The number of aromatic carboxylic acids is 1. The first-order valence-electron chi connectivity index (χ1n) is 5.70. The summed E-state index contributed by atoms with van der Waals surface area (Å²) < 4.78 is 12.0. The van der Waals surface area contributed by atoms with Crippen LogP contribution in [0.1, 0.15) is 10.5 Å². The van der Waals surface area contributed by atoms with Crippen LogP contribution in [-0.4, -0.2) is 29.9 Å². The summed E-state index contributed by atoms with van der Waals surface area (Å²) in [6, 6.07) is 8.82. The molecule has 1 heterocycles. The molecular formula is C14H15NO4. The highest BCUT2D eigenvalue weighted by Gasteiger charge is 2.13. The van der Waals surface area contributed by atoms with E-state index in [2.05, 4.69) is 0 Å². The van der Waals surface area contributed by atoms with Gasteiger partial charge >= 0.3 is 5.97 Å². The number of benzene rings is 1. The fourth-order valence-electron chi connectivity index (χ4n) is 2.01. The maximum atomic E-state index is 11.0. The lowest BCUT2D eigenvalue weighted by Crippen LogP contribution is -2.05. The second-order valence-corrected chi connectivity index (χ2v) is 4.04. The van der Waals surface area contributed by atoms with Gasteiger partial charge in [0.1, 0.15) is 5.69 Å². The topological polar surface area (TPSA) is 60.7 Å². The molecule has 5 nitrogen and oxygen atoms in total. The maximum Gasteiger partial charge on any atom is 0.352 e. The van der Waals surface area contributed by atoms with Crippen LogP contribution in [0.5, 0.6) is 11.5 Å². The SMILES string of the molecule is COc1ccc(-c2ccc(C(=O)O)n2C)cc1OC. The van der Waals surface area contributed by atoms with Crippen molar-refractivity contribution in [2.24, 2.45) is 7.05 Å². The van der Waals surface area contributed by atoms with Crippen LogP contribution in [0.15, 0.2) is 30.3 Å². The molecule has 0 saturated carbocycles. The molecule has 0 spiro atoms. The first-order valence-corrected chi connectivity index (χ1v) is 5.70. The normalized spacial score (nSPS) is 10.3. The zero-order valence-electron chi connectivity index (χ0n) is 11.0. The molecule has 0 fully saturated rings. The van der Waals surface area contributed by atoms with Gasteiger partial charge in [0.05, 0.1) is 14.2 Å². The highest BCUT2D eigenvalue weighted by atomic mass is 16.5. The summed E-state index contributed by atoms with van der Waals surface area (Å²) >= 11 is 0. The number of nitrogens with zero attached hydrogens (tertiary/aromatic N) is 1. The van der Waals surface area contributed by atoms with Gasteiger partial charge in [-0.05, 0) is 30.3 Å². The van der Waals surface area contributed by atoms with Gasteiger partial charge in [-0.3, -0.25) is 0 Å². The van der Waals surface area contributed by atoms with Gasteiger partial charge < -0.3 is 19.1 Å². The molecule has 1 aromatic carbocycles. The lowest BCUT2D eigenvalue weighted by molar-refractivity contribution is 0.0687. The van der Waals surface area contributed by atoms with E-state index in [1.165, 1.54) is 0 Å². The molecule has 0 aliphatic carbocycles. The molecular weight excluding hydrogens is 246 g/mol. The Balaban J connectivity index is 2.50. The Morgan fingerprint density at radius 3 is 2.32 bits per heavy atom. The Hall–Kier alpha value is -2.43. The van der Waals surface area contributed by atoms with Gasteiger partial charge in [-0.2, -0.15) is 0 Å². The van der Waals surface area contributed by atoms with Gasteiger partial charge in [-0.15, -0.1) is 0 Å². The lowest BCUT2D eigenvalue weighted by Gasteiger charge is -2.10. The minimum atomic E-state index is -0.950. The van der Waals surface area contributed by atoms with Crippen molar-refractivity contribution in [3.05, 3.63) is 36.0 Å². The van der Waals surface area contributed by atoms with Gasteiger partial charge in [-0.1, -0.05) is 0 Å². The second kappa shape index (κ2) is 5.06. The quantitative estimate of drug-likeness (QED) is 0.918. The fourth-order valence-corrected chi connectivity index (χ4v) is 2.01. The van der Waals surface area contributed by atoms with Gasteiger partial charge in [0.25, 0.3) is 0 Å². The molecule has 0 radical (unpaired) electrons. The van der Waals surface area contributed by atoms with Crippen LogP contribution in [-0.2, 0) is 7.05 Å². The molecule has 0 atom stereocenters. The number of aromatic nitrogens is 1. The molecule has 0 bridgehead atoms. The molecule has 0 aliphatic rings. The van der Waals surface area contributed by atoms with Crippen molar-refractivity contribution in [1.82, 2.24) is 4.57 Å². The predicted octanol–water partition coefficient (Wildman–Crippen LogP) is 2.41. The molecule has 5 heteroatoms. The Morgan fingerprint density at radius 1 is 1.11 bits per heavy atom. The maximum absolute atomic E-state index is 11.0. The van der Waals surface area contributed by atoms with E-state index in [1.54, 1.807) is 44.0 Å². The molecule has 19 heavy (non-hydrogen) atoms. The average molecular weight is 261 g/mol. The molecule has 2 aromatic rings. The lowest BCUT2D eigenvalue weighted by atomic mass is 10.1. The third-order valence-corrected chi connectivity index (χ3v) is 3.02. The summed E-state index contributed by atoms with van der Waals surface area (Å²) in [7, 11) is 4.85. The van der Waals surface area contributed by atoms with Crippen molar-refractivity contribution in [2.75, 3.05) is 14.2 Å². The zero-order chi connectivity index (χ0) is 14.0. The van der Waals surface area contributed by atoms with E-state index in [1.807, 2.05) is 12.1 Å². The van der Waals surface area contributed by atoms with Crippen molar-refractivity contribution >= 4 is 5.97 Å². The van der Waals surface area contributed by atoms with Crippen molar-refractivity contribution in [3.8, 4) is 22.8 Å². The molecule has 1 N–H and O–H groups in total. The highest BCUT2D eigenvalue weighted by Crippen LogP contribution is 2.32. The number of hydrogen-bond donors (Lipinski definition) is 1. The molecule has 0 amide bonds. The second-order valence-electron chi connectivity index (χ2n) is 4.04. The highest BCUT2D eigenvalue weighted by molar-refractivity contribution is 5.87. The summed E-state index contributed by atoms with van der Waals surface area (Å²) in [5.74, 6) is 0.297. The van der Waals surface area contributed by atoms with E-state index in [9.17, 15) is 4.79 Å². The van der Waals surface area contributed by atoms with E-state index >= 15 is 0 Å². The van der Waals surface area contributed by atoms with E-state index in [4.69, 9.17) is 14.6 Å². The van der Waals surface area contributed by atoms with E-state index in [-0.39, 0.29) is 5.69 Å². The minimum absolute atomic E-state index is 0.241. The van der Waals surface area contributed by atoms with Crippen LogP contribution < -0.4 is 9.47 Å². The summed E-state index contributed by atoms with van der Waals surface area (Å²) in [5, 5.41) is 9.04. The number of carboxylic acid groups (broad SMARTS) is 1. The minimum Gasteiger partial charge on any atom is -0.493 e. The predicted molar refractivity (Wildman–Crippen MR) is 70.9 cm³/mol. The summed E-state index contributed by atoms with van der Waals surface area (Å²) in [6.45, 7) is 0. The molecule has 100 valence electrons. The van der Waals surface area contributed by atoms with Crippen LogP contribution in [0, 0.1) is 0 Å². The number of ether oxygens (including phenoxy) is 2. The number of hydrogen-bond acceptors (Lipinski definition) is 3. The van der Waals surface area contributed by atoms with Crippen LogP contribution in [0.3, 0.4) is 0 Å². The zero-order valence-corrected chi connectivity index (χ0v) is 11.0. The number of methoxy groups -OCH3 is 2. The molecule has 0 unspecified atom stereocenters. The Labute approximate surface area is 111 Å². The molecule has 0 saturated heterocycles. The Kier molecular flexibility index (Phi) is 3.46. The van der Waals surface area contributed by atoms with Crippen molar-refractivity contribution in [2.45, 2.75) is 0 Å². The third kappa shape index (κ3) is 2.27. The van der Waals surface area contributed by atoms with Crippen molar-refractivity contribution in [3.63, 3.8) is 0 Å². The van der Waals surface area contributed by atoms with E-state index in [0.717, 1.165) is 11.3 Å². The first-order chi connectivity index (χ1) is 9.08. The number of rotatable bonds is 4. The molecule has 2 rings (SSSR count). The summed E-state index contributed by atoms with van der Waals surface area (Å²) in [5.41, 5.74) is 1.91. The Morgan fingerprint density at radius 2 is 1.79 bits per heavy atom. The summed E-state index contributed by atoms with van der Waals surface area (Å²) in [4.78, 5) is 11.0.